The van der Waals surface area contributed by atoms with Crippen LogP contribution in [-0.4, -0.2) is 0 Å². The third kappa shape index (κ3) is 6.76. The van der Waals surface area contributed by atoms with Gasteiger partial charge in [0, 0.05) is 0 Å². The molecule has 0 rings (SSSR count). The van der Waals surface area contributed by atoms with Crippen LogP contribution in [-0.2, 0) is 0 Å². The smallest absolute Gasteiger partial charge is 0.0295 e. The maximum atomic E-state index is 4.21. The predicted octanol–water partition coefficient (Wildman–Crippen LogP) is 5.44. The van der Waals surface area contributed by atoms with Crippen molar-refractivity contribution in [3.63, 3.8) is 0 Å². The maximum Gasteiger partial charge on any atom is -0.0295 e. The van der Waals surface area contributed by atoms with Crippen LogP contribution in [0.25, 0.3) is 0 Å². The molecule has 0 heteroatoms. The second-order valence-electron chi connectivity index (χ2n) is 6.19. The third-order valence-electron chi connectivity index (χ3n) is 3.86. The van der Waals surface area contributed by atoms with Gasteiger partial charge in [-0.05, 0) is 36.5 Å². The van der Waals surface area contributed by atoms with Crippen LogP contribution in [0.5, 0.6) is 0 Å². The van der Waals surface area contributed by atoms with Crippen LogP contribution < -0.4 is 0 Å². The van der Waals surface area contributed by atoms with Gasteiger partial charge in [0.2, 0.25) is 0 Å². The zero-order valence-electron chi connectivity index (χ0n) is 11.7. The van der Waals surface area contributed by atoms with Gasteiger partial charge in [0.15, 0.2) is 0 Å². The van der Waals surface area contributed by atoms with E-state index in [-0.39, 0.29) is 0 Å². The molecule has 0 bridgehead atoms. The van der Waals surface area contributed by atoms with Crippen LogP contribution in [0.4, 0.5) is 0 Å². The standard InChI is InChI=1S/C15H30/c1-8-15(6,7)10-9-13(4)11-14(5)12(2)3/h12,14H,4,8-11H2,1-3,5-7H3. The van der Waals surface area contributed by atoms with Crippen molar-refractivity contribution in [3.8, 4) is 0 Å². The first-order valence-electron chi connectivity index (χ1n) is 6.45. The molecule has 0 aromatic carbocycles. The SMILES string of the molecule is C=C(CCC(C)(C)CC)CC(C)C(C)C. The summed E-state index contributed by atoms with van der Waals surface area (Å²) in [5.41, 5.74) is 1.93. The van der Waals surface area contributed by atoms with Crippen molar-refractivity contribution in [1.29, 1.82) is 0 Å². The van der Waals surface area contributed by atoms with Crippen molar-refractivity contribution in [1.82, 2.24) is 0 Å². The van der Waals surface area contributed by atoms with Crippen LogP contribution in [0.2, 0.25) is 0 Å². The topological polar surface area (TPSA) is 0 Å². The van der Waals surface area contributed by atoms with E-state index in [9.17, 15) is 0 Å². The first kappa shape index (κ1) is 14.7. The van der Waals surface area contributed by atoms with Gasteiger partial charge in [-0.1, -0.05) is 60.1 Å². The fraction of sp³-hybridized carbons (Fsp3) is 0.867. The van der Waals surface area contributed by atoms with Crippen LogP contribution in [0.3, 0.4) is 0 Å². The molecule has 0 saturated carbocycles. The van der Waals surface area contributed by atoms with Crippen LogP contribution in [0.15, 0.2) is 12.2 Å². The molecule has 0 saturated heterocycles. The van der Waals surface area contributed by atoms with Crippen molar-refractivity contribution in [2.45, 2.75) is 67.2 Å². The molecular formula is C15H30. The lowest BCUT2D eigenvalue weighted by molar-refractivity contribution is 0.316. The Morgan fingerprint density at radius 3 is 2.13 bits per heavy atom. The average Bonchev–Trinajstić information content (AvgIpc) is 2.15. The molecule has 0 nitrogen and oxygen atoms in total. The van der Waals surface area contributed by atoms with Crippen molar-refractivity contribution in [2.75, 3.05) is 0 Å². The van der Waals surface area contributed by atoms with Gasteiger partial charge >= 0.3 is 0 Å². The molecule has 1 unspecified atom stereocenters. The zero-order chi connectivity index (χ0) is 12.1. The maximum absolute atomic E-state index is 4.21. The quantitative estimate of drug-likeness (QED) is 0.491. The number of hydrogen-bond donors (Lipinski definition) is 0. The van der Waals surface area contributed by atoms with Gasteiger partial charge in [0.1, 0.15) is 0 Å². The van der Waals surface area contributed by atoms with E-state index in [2.05, 4.69) is 48.1 Å². The molecule has 0 aromatic heterocycles. The molecule has 0 amide bonds. The molecule has 0 radical (unpaired) electrons. The van der Waals surface area contributed by atoms with E-state index < -0.39 is 0 Å². The van der Waals surface area contributed by atoms with E-state index in [1.807, 2.05) is 0 Å². The second kappa shape index (κ2) is 6.35. The molecule has 15 heavy (non-hydrogen) atoms. The van der Waals surface area contributed by atoms with Gasteiger partial charge in [-0.15, -0.1) is 0 Å². The van der Waals surface area contributed by atoms with E-state index in [1.54, 1.807) is 0 Å². The Balaban J connectivity index is 3.86. The molecule has 90 valence electrons. The van der Waals surface area contributed by atoms with Crippen molar-refractivity contribution >= 4 is 0 Å². The van der Waals surface area contributed by atoms with Crippen LogP contribution in [0.1, 0.15) is 67.2 Å². The lowest BCUT2D eigenvalue weighted by Gasteiger charge is -2.24. The first-order chi connectivity index (χ1) is 6.78. The van der Waals surface area contributed by atoms with E-state index in [1.165, 1.54) is 31.3 Å². The highest BCUT2D eigenvalue weighted by Crippen LogP contribution is 2.30. The summed E-state index contributed by atoms with van der Waals surface area (Å²) in [5.74, 6) is 1.56. The summed E-state index contributed by atoms with van der Waals surface area (Å²) >= 11 is 0. The molecule has 0 aliphatic heterocycles. The zero-order valence-corrected chi connectivity index (χ0v) is 11.7. The Labute approximate surface area is 97.2 Å². The molecule has 1 atom stereocenters. The Bertz CT molecular complexity index is 186. The summed E-state index contributed by atoms with van der Waals surface area (Å²) in [5, 5.41) is 0. The number of allylic oxidation sites excluding steroid dienone is 1. The number of hydrogen-bond acceptors (Lipinski definition) is 0. The Kier molecular flexibility index (Phi) is 6.24. The van der Waals surface area contributed by atoms with Crippen molar-refractivity contribution < 1.29 is 0 Å². The van der Waals surface area contributed by atoms with Crippen molar-refractivity contribution in [2.24, 2.45) is 17.3 Å². The van der Waals surface area contributed by atoms with Gasteiger partial charge in [0.25, 0.3) is 0 Å². The van der Waals surface area contributed by atoms with Gasteiger partial charge in [-0.3, -0.25) is 0 Å². The first-order valence-corrected chi connectivity index (χ1v) is 6.45. The van der Waals surface area contributed by atoms with E-state index in [4.69, 9.17) is 0 Å². The van der Waals surface area contributed by atoms with E-state index in [0.717, 1.165) is 11.8 Å². The molecule has 0 spiro atoms. The van der Waals surface area contributed by atoms with Gasteiger partial charge < -0.3 is 0 Å². The Morgan fingerprint density at radius 2 is 1.73 bits per heavy atom. The average molecular weight is 210 g/mol. The minimum absolute atomic E-state index is 0.490. The Morgan fingerprint density at radius 1 is 1.20 bits per heavy atom. The molecule has 0 aliphatic carbocycles. The fourth-order valence-corrected chi connectivity index (χ4v) is 1.49. The summed E-state index contributed by atoms with van der Waals surface area (Å²) in [7, 11) is 0. The lowest BCUT2D eigenvalue weighted by atomic mass is 9.82. The minimum atomic E-state index is 0.490. The van der Waals surface area contributed by atoms with Crippen molar-refractivity contribution in [3.05, 3.63) is 12.2 Å². The van der Waals surface area contributed by atoms with Gasteiger partial charge in [-0.25, -0.2) is 0 Å². The summed E-state index contributed by atoms with van der Waals surface area (Å²) in [6.07, 6.45) is 4.96. The summed E-state index contributed by atoms with van der Waals surface area (Å²) in [6, 6.07) is 0. The summed E-state index contributed by atoms with van der Waals surface area (Å²) < 4.78 is 0. The third-order valence-corrected chi connectivity index (χ3v) is 3.86. The fourth-order valence-electron chi connectivity index (χ4n) is 1.49. The minimum Gasteiger partial charge on any atom is -0.0999 e. The highest BCUT2D eigenvalue weighted by atomic mass is 14.2. The van der Waals surface area contributed by atoms with Crippen LogP contribution >= 0.6 is 0 Å². The highest BCUT2D eigenvalue weighted by molar-refractivity contribution is 4.96. The molecule has 0 N–H and O–H groups in total. The number of rotatable bonds is 7. The molecule has 0 fully saturated rings. The Hall–Kier alpha value is -0.260. The molecule has 0 heterocycles. The summed E-state index contributed by atoms with van der Waals surface area (Å²) in [6.45, 7) is 18.1. The van der Waals surface area contributed by atoms with Crippen LogP contribution in [0, 0.1) is 17.3 Å². The normalized spacial score (nSPS) is 14.3. The molecule has 0 aromatic rings. The van der Waals surface area contributed by atoms with E-state index >= 15 is 0 Å². The summed E-state index contributed by atoms with van der Waals surface area (Å²) in [4.78, 5) is 0. The molecule has 0 aliphatic rings. The lowest BCUT2D eigenvalue weighted by Crippen LogP contribution is -2.11. The molecular weight excluding hydrogens is 180 g/mol. The van der Waals surface area contributed by atoms with Gasteiger partial charge in [0.05, 0.1) is 0 Å². The second-order valence-corrected chi connectivity index (χ2v) is 6.19. The highest BCUT2D eigenvalue weighted by Gasteiger charge is 2.16. The van der Waals surface area contributed by atoms with E-state index in [0.29, 0.717) is 5.41 Å². The van der Waals surface area contributed by atoms with Gasteiger partial charge in [-0.2, -0.15) is 0 Å². The monoisotopic (exact) mass is 210 g/mol. The predicted molar refractivity (Wildman–Crippen MR) is 71.1 cm³/mol. The largest absolute Gasteiger partial charge is 0.0999 e.